The minimum Gasteiger partial charge on any atom is -0.266 e. The van der Waals surface area contributed by atoms with E-state index in [0.717, 1.165) is 11.4 Å². The standard InChI is InChI=1S/C9H15FN2/c1-7(2)9-6-8(3)11-12(9)5-4-10/h6-7H,4-5H2,1-3H3. The summed E-state index contributed by atoms with van der Waals surface area (Å²) in [5.41, 5.74) is 2.08. The average molecular weight is 170 g/mol. The fraction of sp³-hybridized carbons (Fsp3) is 0.667. The molecule has 0 saturated carbocycles. The Morgan fingerprint density at radius 1 is 1.58 bits per heavy atom. The molecule has 1 heterocycles. The molecule has 0 bridgehead atoms. The van der Waals surface area contributed by atoms with Gasteiger partial charge in [-0.1, -0.05) is 13.8 Å². The third-order valence-corrected chi connectivity index (χ3v) is 1.82. The van der Waals surface area contributed by atoms with Crippen LogP contribution in [0.25, 0.3) is 0 Å². The van der Waals surface area contributed by atoms with Gasteiger partial charge in [-0.25, -0.2) is 4.39 Å². The summed E-state index contributed by atoms with van der Waals surface area (Å²) < 4.78 is 13.8. The van der Waals surface area contributed by atoms with E-state index in [9.17, 15) is 4.39 Å². The lowest BCUT2D eigenvalue weighted by Gasteiger charge is -2.07. The molecule has 0 radical (unpaired) electrons. The summed E-state index contributed by atoms with van der Waals surface area (Å²) in [7, 11) is 0. The van der Waals surface area contributed by atoms with Crippen LogP contribution in [0.15, 0.2) is 6.07 Å². The predicted molar refractivity (Wildman–Crippen MR) is 47.0 cm³/mol. The summed E-state index contributed by atoms with van der Waals surface area (Å²) in [4.78, 5) is 0. The minimum absolute atomic E-state index is 0.346. The summed E-state index contributed by atoms with van der Waals surface area (Å²) in [6.45, 7) is 6.14. The Balaban J connectivity index is 2.92. The van der Waals surface area contributed by atoms with Crippen molar-refractivity contribution in [1.82, 2.24) is 9.78 Å². The quantitative estimate of drug-likeness (QED) is 0.680. The van der Waals surface area contributed by atoms with Crippen LogP contribution < -0.4 is 0 Å². The number of alkyl halides is 1. The number of halogens is 1. The van der Waals surface area contributed by atoms with E-state index in [1.54, 1.807) is 4.68 Å². The van der Waals surface area contributed by atoms with Gasteiger partial charge in [-0.2, -0.15) is 5.10 Å². The fourth-order valence-electron chi connectivity index (χ4n) is 1.29. The maximum Gasteiger partial charge on any atom is 0.109 e. The Morgan fingerprint density at radius 3 is 2.75 bits per heavy atom. The number of hydrogen-bond donors (Lipinski definition) is 0. The fourth-order valence-corrected chi connectivity index (χ4v) is 1.29. The monoisotopic (exact) mass is 170 g/mol. The number of aromatic nitrogens is 2. The van der Waals surface area contributed by atoms with Crippen LogP contribution in [0.2, 0.25) is 0 Å². The van der Waals surface area contributed by atoms with Crippen molar-refractivity contribution in [2.45, 2.75) is 33.2 Å². The molecule has 0 saturated heterocycles. The van der Waals surface area contributed by atoms with Gasteiger partial charge in [0, 0.05) is 5.69 Å². The highest BCUT2D eigenvalue weighted by molar-refractivity contribution is 5.12. The SMILES string of the molecule is Cc1cc(C(C)C)n(CCF)n1. The normalized spacial score (nSPS) is 11.1. The lowest BCUT2D eigenvalue weighted by atomic mass is 10.1. The zero-order valence-electron chi connectivity index (χ0n) is 7.84. The lowest BCUT2D eigenvalue weighted by molar-refractivity contribution is 0.416. The third kappa shape index (κ3) is 1.84. The molecule has 12 heavy (non-hydrogen) atoms. The van der Waals surface area contributed by atoms with Crippen molar-refractivity contribution in [1.29, 1.82) is 0 Å². The second-order valence-electron chi connectivity index (χ2n) is 3.28. The van der Waals surface area contributed by atoms with E-state index < -0.39 is 0 Å². The highest BCUT2D eigenvalue weighted by Crippen LogP contribution is 2.15. The van der Waals surface area contributed by atoms with Gasteiger partial charge in [0.1, 0.15) is 6.67 Å². The van der Waals surface area contributed by atoms with Crippen molar-refractivity contribution in [2.24, 2.45) is 0 Å². The molecule has 0 N–H and O–H groups in total. The molecule has 0 spiro atoms. The topological polar surface area (TPSA) is 17.8 Å². The van der Waals surface area contributed by atoms with Gasteiger partial charge in [-0.3, -0.25) is 4.68 Å². The molecule has 3 heteroatoms. The first-order valence-corrected chi connectivity index (χ1v) is 4.25. The predicted octanol–water partition coefficient (Wildman–Crippen LogP) is 2.28. The Labute approximate surface area is 72.4 Å². The molecule has 1 rings (SSSR count). The van der Waals surface area contributed by atoms with Gasteiger partial charge in [0.2, 0.25) is 0 Å². The van der Waals surface area contributed by atoms with E-state index in [1.165, 1.54) is 0 Å². The molecule has 68 valence electrons. The zero-order valence-corrected chi connectivity index (χ0v) is 7.84. The van der Waals surface area contributed by atoms with Crippen LogP contribution >= 0.6 is 0 Å². The van der Waals surface area contributed by atoms with Crippen molar-refractivity contribution in [3.05, 3.63) is 17.5 Å². The zero-order chi connectivity index (χ0) is 9.14. The molecule has 0 atom stereocenters. The molecule has 1 aromatic heterocycles. The highest BCUT2D eigenvalue weighted by atomic mass is 19.1. The lowest BCUT2D eigenvalue weighted by Crippen LogP contribution is -2.07. The van der Waals surface area contributed by atoms with E-state index in [4.69, 9.17) is 0 Å². The molecule has 0 aliphatic heterocycles. The van der Waals surface area contributed by atoms with Crippen LogP contribution in [-0.2, 0) is 6.54 Å². The largest absolute Gasteiger partial charge is 0.266 e. The van der Waals surface area contributed by atoms with Crippen LogP contribution in [0.5, 0.6) is 0 Å². The van der Waals surface area contributed by atoms with Gasteiger partial charge in [0.05, 0.1) is 12.2 Å². The first-order valence-electron chi connectivity index (χ1n) is 4.25. The van der Waals surface area contributed by atoms with Gasteiger partial charge < -0.3 is 0 Å². The second kappa shape index (κ2) is 3.70. The van der Waals surface area contributed by atoms with Crippen LogP contribution in [0.3, 0.4) is 0 Å². The molecular formula is C9H15FN2. The van der Waals surface area contributed by atoms with E-state index in [2.05, 4.69) is 18.9 Å². The average Bonchev–Trinajstić information content (AvgIpc) is 2.32. The van der Waals surface area contributed by atoms with Crippen LogP contribution in [0.1, 0.15) is 31.2 Å². The Hall–Kier alpha value is -0.860. The summed E-state index contributed by atoms with van der Waals surface area (Å²) in [6.07, 6.45) is 0. The summed E-state index contributed by atoms with van der Waals surface area (Å²) in [5.74, 6) is 0.415. The summed E-state index contributed by atoms with van der Waals surface area (Å²) in [5, 5.41) is 4.20. The van der Waals surface area contributed by atoms with Gasteiger partial charge in [0.15, 0.2) is 0 Å². The summed E-state index contributed by atoms with van der Waals surface area (Å²) in [6, 6.07) is 2.01. The Morgan fingerprint density at radius 2 is 2.25 bits per heavy atom. The highest BCUT2D eigenvalue weighted by Gasteiger charge is 2.07. The van der Waals surface area contributed by atoms with Crippen molar-refractivity contribution in [3.8, 4) is 0 Å². The molecule has 0 aliphatic rings. The molecule has 0 aromatic carbocycles. The Bertz CT molecular complexity index is 253. The molecule has 0 amide bonds. The van der Waals surface area contributed by atoms with E-state index in [1.807, 2.05) is 13.0 Å². The van der Waals surface area contributed by atoms with Crippen molar-refractivity contribution < 1.29 is 4.39 Å². The van der Waals surface area contributed by atoms with Crippen molar-refractivity contribution >= 4 is 0 Å². The summed E-state index contributed by atoms with van der Waals surface area (Å²) >= 11 is 0. The van der Waals surface area contributed by atoms with Crippen LogP contribution in [0, 0.1) is 6.92 Å². The maximum absolute atomic E-state index is 12.1. The van der Waals surface area contributed by atoms with E-state index in [-0.39, 0.29) is 6.67 Å². The van der Waals surface area contributed by atoms with E-state index >= 15 is 0 Å². The van der Waals surface area contributed by atoms with Crippen LogP contribution in [-0.4, -0.2) is 16.5 Å². The smallest absolute Gasteiger partial charge is 0.109 e. The van der Waals surface area contributed by atoms with Gasteiger partial charge in [-0.05, 0) is 18.9 Å². The van der Waals surface area contributed by atoms with Crippen molar-refractivity contribution in [2.75, 3.05) is 6.67 Å². The van der Waals surface area contributed by atoms with Gasteiger partial charge in [0.25, 0.3) is 0 Å². The van der Waals surface area contributed by atoms with Crippen molar-refractivity contribution in [3.63, 3.8) is 0 Å². The Kier molecular flexibility index (Phi) is 2.84. The number of hydrogen-bond acceptors (Lipinski definition) is 1. The molecule has 1 aromatic rings. The van der Waals surface area contributed by atoms with Crippen LogP contribution in [0.4, 0.5) is 4.39 Å². The van der Waals surface area contributed by atoms with Gasteiger partial charge in [-0.15, -0.1) is 0 Å². The molecule has 2 nitrogen and oxygen atoms in total. The number of nitrogens with zero attached hydrogens (tertiary/aromatic N) is 2. The van der Waals surface area contributed by atoms with E-state index in [0.29, 0.717) is 12.5 Å². The molecule has 0 unspecified atom stereocenters. The second-order valence-corrected chi connectivity index (χ2v) is 3.28. The minimum atomic E-state index is -0.346. The first-order chi connectivity index (χ1) is 5.65. The first kappa shape index (κ1) is 9.23. The molecule has 0 fully saturated rings. The molecule has 0 aliphatic carbocycles. The molecular weight excluding hydrogens is 155 g/mol. The maximum atomic E-state index is 12.1. The number of aryl methyl sites for hydroxylation is 2. The number of rotatable bonds is 3. The van der Waals surface area contributed by atoms with Gasteiger partial charge >= 0.3 is 0 Å². The third-order valence-electron chi connectivity index (χ3n) is 1.82.